The van der Waals surface area contributed by atoms with Crippen LogP contribution in [-0.2, 0) is 0 Å². The molecule has 0 fully saturated rings. The van der Waals surface area contributed by atoms with Crippen molar-refractivity contribution in [3.63, 3.8) is 0 Å². The molecule has 0 spiro atoms. The summed E-state index contributed by atoms with van der Waals surface area (Å²) in [7, 11) is 0. The fraction of sp³-hybridized carbons (Fsp3) is 0.0455. The van der Waals surface area contributed by atoms with Gasteiger partial charge in [-0.2, -0.15) is 5.10 Å². The second-order valence-corrected chi connectivity index (χ2v) is 7.59. The van der Waals surface area contributed by atoms with Crippen molar-refractivity contribution >= 4 is 50.1 Å². The number of hydrazone groups is 1. The fourth-order valence-corrected chi connectivity index (χ4v) is 3.29. The van der Waals surface area contributed by atoms with Crippen molar-refractivity contribution in [2.24, 2.45) is 5.10 Å². The van der Waals surface area contributed by atoms with E-state index in [2.05, 4.69) is 31.4 Å². The van der Waals surface area contributed by atoms with E-state index in [1.807, 2.05) is 79.7 Å². The molecule has 0 saturated heterocycles. The minimum Gasteiger partial charge on any atom is -0.245 e. The Bertz CT molecular complexity index is 1160. The van der Waals surface area contributed by atoms with E-state index in [1.54, 1.807) is 0 Å². The Kier molecular flexibility index (Phi) is 5.37. The van der Waals surface area contributed by atoms with Gasteiger partial charge in [0.1, 0.15) is 0 Å². The van der Waals surface area contributed by atoms with Crippen LogP contribution in [0.25, 0.3) is 22.2 Å². The van der Waals surface area contributed by atoms with E-state index in [0.29, 0.717) is 11.0 Å². The molecule has 28 heavy (non-hydrogen) atoms. The van der Waals surface area contributed by atoms with Crippen molar-refractivity contribution < 1.29 is 0 Å². The number of hydrogen-bond donors (Lipinski definition) is 1. The summed E-state index contributed by atoms with van der Waals surface area (Å²) in [5, 5.41) is 6.01. The Labute approximate surface area is 176 Å². The predicted molar refractivity (Wildman–Crippen MR) is 120 cm³/mol. The van der Waals surface area contributed by atoms with Gasteiger partial charge < -0.3 is 0 Å². The normalized spacial score (nSPS) is 11.6. The summed E-state index contributed by atoms with van der Waals surface area (Å²) in [6, 6.07) is 23.6. The van der Waals surface area contributed by atoms with Gasteiger partial charge in [-0.1, -0.05) is 70.0 Å². The molecule has 1 aromatic heterocycles. The molecule has 3 aromatic carbocycles. The molecule has 0 atom stereocenters. The van der Waals surface area contributed by atoms with Gasteiger partial charge in [0.2, 0.25) is 5.95 Å². The highest BCUT2D eigenvalue weighted by molar-refractivity contribution is 9.10. The van der Waals surface area contributed by atoms with Crippen LogP contribution in [0, 0.1) is 0 Å². The smallest absolute Gasteiger partial charge is 0.244 e. The summed E-state index contributed by atoms with van der Waals surface area (Å²) in [5.74, 6) is 0.435. The molecule has 0 amide bonds. The van der Waals surface area contributed by atoms with Gasteiger partial charge in [0.15, 0.2) is 0 Å². The zero-order chi connectivity index (χ0) is 19.5. The van der Waals surface area contributed by atoms with E-state index in [0.717, 1.165) is 37.9 Å². The quantitative estimate of drug-likeness (QED) is 0.283. The molecule has 0 bridgehead atoms. The van der Waals surface area contributed by atoms with E-state index in [4.69, 9.17) is 16.6 Å². The largest absolute Gasteiger partial charge is 0.245 e. The van der Waals surface area contributed by atoms with Crippen LogP contribution in [0.2, 0.25) is 5.02 Å². The van der Waals surface area contributed by atoms with Crippen molar-refractivity contribution in [3.05, 3.63) is 87.9 Å². The monoisotopic (exact) mass is 450 g/mol. The van der Waals surface area contributed by atoms with E-state index in [1.165, 1.54) is 0 Å². The number of benzene rings is 3. The molecule has 0 radical (unpaired) electrons. The molecule has 1 N–H and O–H groups in total. The maximum atomic E-state index is 6.20. The molecule has 138 valence electrons. The summed E-state index contributed by atoms with van der Waals surface area (Å²) in [5.41, 5.74) is 7.47. The minimum atomic E-state index is 0.435. The van der Waals surface area contributed by atoms with Crippen LogP contribution in [0.4, 0.5) is 5.95 Å². The van der Waals surface area contributed by atoms with Crippen LogP contribution in [0.1, 0.15) is 12.5 Å². The van der Waals surface area contributed by atoms with Crippen LogP contribution in [0.5, 0.6) is 0 Å². The highest BCUT2D eigenvalue weighted by Gasteiger charge is 2.10. The second-order valence-electron chi connectivity index (χ2n) is 6.24. The molecular formula is C22H16BrClN4. The Hall–Kier alpha value is -2.76. The van der Waals surface area contributed by atoms with Gasteiger partial charge in [0.25, 0.3) is 0 Å². The number of nitrogens with one attached hydrogen (secondary N) is 1. The summed E-state index contributed by atoms with van der Waals surface area (Å²) in [6.07, 6.45) is 0. The first-order chi connectivity index (χ1) is 13.6. The average molecular weight is 452 g/mol. The van der Waals surface area contributed by atoms with Crippen molar-refractivity contribution in [1.82, 2.24) is 9.97 Å². The van der Waals surface area contributed by atoms with E-state index in [-0.39, 0.29) is 0 Å². The SMILES string of the molecule is C/C(=N\Nc1nc(-c2ccccc2)c2cc(Cl)ccc2n1)c1ccc(Br)cc1. The Morgan fingerprint density at radius 1 is 0.964 bits per heavy atom. The van der Waals surface area contributed by atoms with Crippen LogP contribution in [-0.4, -0.2) is 15.7 Å². The molecule has 0 aliphatic heterocycles. The lowest BCUT2D eigenvalue weighted by atomic mass is 10.1. The Morgan fingerprint density at radius 2 is 1.71 bits per heavy atom. The van der Waals surface area contributed by atoms with Gasteiger partial charge >= 0.3 is 0 Å². The van der Waals surface area contributed by atoms with Crippen molar-refractivity contribution in [1.29, 1.82) is 0 Å². The zero-order valence-electron chi connectivity index (χ0n) is 15.0. The van der Waals surface area contributed by atoms with Crippen LogP contribution >= 0.6 is 27.5 Å². The molecule has 0 saturated carbocycles. The van der Waals surface area contributed by atoms with Crippen LogP contribution < -0.4 is 5.43 Å². The first-order valence-corrected chi connectivity index (χ1v) is 9.86. The molecule has 4 rings (SSSR count). The molecule has 0 unspecified atom stereocenters. The molecular weight excluding hydrogens is 436 g/mol. The number of rotatable bonds is 4. The highest BCUT2D eigenvalue weighted by atomic mass is 79.9. The third-order valence-electron chi connectivity index (χ3n) is 4.29. The Balaban J connectivity index is 1.74. The van der Waals surface area contributed by atoms with E-state index < -0.39 is 0 Å². The van der Waals surface area contributed by atoms with Crippen LogP contribution in [0.3, 0.4) is 0 Å². The van der Waals surface area contributed by atoms with Gasteiger partial charge in [-0.25, -0.2) is 15.4 Å². The van der Waals surface area contributed by atoms with Gasteiger partial charge in [0, 0.05) is 20.4 Å². The molecule has 1 heterocycles. The van der Waals surface area contributed by atoms with E-state index in [9.17, 15) is 0 Å². The third kappa shape index (κ3) is 4.06. The Morgan fingerprint density at radius 3 is 2.46 bits per heavy atom. The maximum absolute atomic E-state index is 6.20. The number of nitrogens with zero attached hydrogens (tertiary/aromatic N) is 3. The first-order valence-electron chi connectivity index (χ1n) is 8.69. The average Bonchev–Trinajstić information content (AvgIpc) is 2.72. The number of anilines is 1. The lowest BCUT2D eigenvalue weighted by Crippen LogP contribution is -2.03. The minimum absolute atomic E-state index is 0.435. The lowest BCUT2D eigenvalue weighted by molar-refractivity contribution is 1.15. The molecule has 0 aliphatic carbocycles. The summed E-state index contributed by atoms with van der Waals surface area (Å²) in [4.78, 5) is 9.28. The number of hydrogen-bond acceptors (Lipinski definition) is 4. The number of aromatic nitrogens is 2. The van der Waals surface area contributed by atoms with E-state index >= 15 is 0 Å². The van der Waals surface area contributed by atoms with Gasteiger partial charge in [-0.15, -0.1) is 0 Å². The predicted octanol–water partition coefficient (Wildman–Crippen LogP) is 6.55. The molecule has 4 aromatic rings. The van der Waals surface area contributed by atoms with Crippen molar-refractivity contribution in [3.8, 4) is 11.3 Å². The molecule has 0 aliphatic rings. The van der Waals surface area contributed by atoms with Gasteiger partial charge in [-0.05, 0) is 42.8 Å². The highest BCUT2D eigenvalue weighted by Crippen LogP contribution is 2.29. The standard InChI is InChI=1S/C22H16BrClN4/c1-14(15-7-9-17(23)10-8-15)27-28-22-25-20-12-11-18(24)13-19(20)21(26-22)16-5-3-2-4-6-16/h2-13H,1H3,(H,25,26,28)/b27-14+. The maximum Gasteiger partial charge on any atom is 0.244 e. The first kappa shape index (κ1) is 18.6. The zero-order valence-corrected chi connectivity index (χ0v) is 17.4. The third-order valence-corrected chi connectivity index (χ3v) is 5.05. The summed E-state index contributed by atoms with van der Waals surface area (Å²) >= 11 is 9.65. The van der Waals surface area contributed by atoms with Crippen LogP contribution in [0.15, 0.2) is 82.4 Å². The van der Waals surface area contributed by atoms with Gasteiger partial charge in [0.05, 0.1) is 16.9 Å². The number of fused-ring (bicyclic) bond motifs is 1. The lowest BCUT2D eigenvalue weighted by Gasteiger charge is -2.09. The summed E-state index contributed by atoms with van der Waals surface area (Å²) in [6.45, 7) is 1.94. The molecule has 6 heteroatoms. The van der Waals surface area contributed by atoms with Crippen molar-refractivity contribution in [2.75, 3.05) is 5.43 Å². The number of halogens is 2. The topological polar surface area (TPSA) is 50.2 Å². The molecule has 4 nitrogen and oxygen atoms in total. The van der Waals surface area contributed by atoms with Gasteiger partial charge in [-0.3, -0.25) is 0 Å². The summed E-state index contributed by atoms with van der Waals surface area (Å²) < 4.78 is 1.03. The van der Waals surface area contributed by atoms with Crippen molar-refractivity contribution in [2.45, 2.75) is 6.92 Å². The fourth-order valence-electron chi connectivity index (χ4n) is 2.86. The second kappa shape index (κ2) is 8.09.